The number of rotatable bonds is 7. The molecule has 1 aliphatic carbocycles. The standard InChI is InChI=1S/C17H19N5OS2/c1-11-3-7-13(8-4-11)19-15-21-22-16(25-15)24-9-14(23)20-17(2,10-18)12-5-6-12/h3-4,7-8,12H,5-6,9H2,1-2H3,(H,19,21)(H,20,23)/t17-/m1/s1. The van der Waals surface area contributed by atoms with Crippen LogP contribution in [-0.2, 0) is 4.79 Å². The van der Waals surface area contributed by atoms with E-state index in [1.54, 1.807) is 6.92 Å². The van der Waals surface area contributed by atoms with Crippen LogP contribution in [0.25, 0.3) is 0 Å². The molecule has 1 aliphatic rings. The van der Waals surface area contributed by atoms with Gasteiger partial charge in [-0.2, -0.15) is 5.26 Å². The lowest BCUT2D eigenvalue weighted by Gasteiger charge is -2.22. The van der Waals surface area contributed by atoms with E-state index < -0.39 is 5.54 Å². The zero-order chi connectivity index (χ0) is 17.9. The first-order chi connectivity index (χ1) is 12.0. The number of nitriles is 1. The van der Waals surface area contributed by atoms with Crippen LogP contribution in [0.1, 0.15) is 25.3 Å². The fraction of sp³-hybridized carbons (Fsp3) is 0.412. The number of benzene rings is 1. The molecule has 1 fully saturated rings. The second-order valence-electron chi connectivity index (χ2n) is 6.29. The molecule has 1 aromatic heterocycles. The predicted octanol–water partition coefficient (Wildman–Crippen LogP) is 3.49. The van der Waals surface area contributed by atoms with E-state index in [1.807, 2.05) is 31.2 Å². The Bertz CT molecular complexity index is 794. The van der Waals surface area contributed by atoms with E-state index in [9.17, 15) is 10.1 Å². The summed E-state index contributed by atoms with van der Waals surface area (Å²) in [6.45, 7) is 3.83. The number of aryl methyl sites for hydroxylation is 1. The van der Waals surface area contributed by atoms with E-state index in [2.05, 4.69) is 26.9 Å². The molecule has 1 amide bonds. The Kier molecular flexibility index (Phi) is 5.25. The van der Waals surface area contributed by atoms with Crippen molar-refractivity contribution in [1.82, 2.24) is 15.5 Å². The second-order valence-corrected chi connectivity index (χ2v) is 8.49. The highest BCUT2D eigenvalue weighted by Crippen LogP contribution is 2.39. The van der Waals surface area contributed by atoms with Crippen molar-refractivity contribution in [2.45, 2.75) is 36.6 Å². The topological polar surface area (TPSA) is 90.7 Å². The SMILES string of the molecule is Cc1ccc(Nc2nnc(SCC(=O)N[C@](C)(C#N)C3CC3)s2)cc1. The van der Waals surface area contributed by atoms with Crippen LogP contribution in [-0.4, -0.2) is 27.4 Å². The summed E-state index contributed by atoms with van der Waals surface area (Å²) in [5.74, 6) is 0.353. The maximum absolute atomic E-state index is 12.1. The molecule has 8 heteroatoms. The number of nitrogens with one attached hydrogen (secondary N) is 2. The van der Waals surface area contributed by atoms with E-state index in [-0.39, 0.29) is 17.6 Å². The van der Waals surface area contributed by atoms with Crippen LogP contribution >= 0.6 is 23.1 Å². The highest BCUT2D eigenvalue weighted by molar-refractivity contribution is 8.01. The van der Waals surface area contributed by atoms with Crippen molar-refractivity contribution < 1.29 is 4.79 Å². The Morgan fingerprint density at radius 2 is 2.12 bits per heavy atom. The van der Waals surface area contributed by atoms with Gasteiger partial charge in [0.1, 0.15) is 5.54 Å². The molecule has 0 radical (unpaired) electrons. The van der Waals surface area contributed by atoms with Gasteiger partial charge in [0.25, 0.3) is 0 Å². The molecule has 1 saturated carbocycles. The van der Waals surface area contributed by atoms with E-state index in [0.717, 1.165) is 22.9 Å². The molecule has 130 valence electrons. The molecule has 1 aromatic carbocycles. The summed E-state index contributed by atoms with van der Waals surface area (Å²) in [7, 11) is 0. The smallest absolute Gasteiger partial charge is 0.231 e. The first-order valence-electron chi connectivity index (χ1n) is 8.01. The van der Waals surface area contributed by atoms with Crippen LogP contribution in [0.15, 0.2) is 28.6 Å². The van der Waals surface area contributed by atoms with Gasteiger partial charge < -0.3 is 10.6 Å². The summed E-state index contributed by atoms with van der Waals surface area (Å²) in [6, 6.07) is 10.2. The van der Waals surface area contributed by atoms with E-state index in [4.69, 9.17) is 0 Å². The van der Waals surface area contributed by atoms with Gasteiger partial charge in [0.15, 0.2) is 4.34 Å². The molecule has 2 aromatic rings. The van der Waals surface area contributed by atoms with Gasteiger partial charge in [-0.15, -0.1) is 10.2 Å². The summed E-state index contributed by atoms with van der Waals surface area (Å²) in [6.07, 6.45) is 2.00. The maximum Gasteiger partial charge on any atom is 0.231 e. The first kappa shape index (κ1) is 17.7. The monoisotopic (exact) mass is 373 g/mol. The molecule has 0 spiro atoms. The third-order valence-electron chi connectivity index (χ3n) is 4.06. The Balaban J connectivity index is 1.50. The number of carbonyl (C=O) groups excluding carboxylic acids is 1. The van der Waals surface area contributed by atoms with E-state index >= 15 is 0 Å². The quantitative estimate of drug-likeness (QED) is 0.722. The van der Waals surface area contributed by atoms with Crippen LogP contribution in [0.2, 0.25) is 0 Å². The molecule has 1 heterocycles. The van der Waals surface area contributed by atoms with Crippen LogP contribution in [0.4, 0.5) is 10.8 Å². The zero-order valence-electron chi connectivity index (χ0n) is 14.1. The van der Waals surface area contributed by atoms with Gasteiger partial charge >= 0.3 is 0 Å². The van der Waals surface area contributed by atoms with Crippen LogP contribution < -0.4 is 10.6 Å². The van der Waals surface area contributed by atoms with Gasteiger partial charge in [-0.1, -0.05) is 40.8 Å². The molecule has 1 atom stereocenters. The molecule has 0 bridgehead atoms. The third kappa shape index (κ3) is 4.71. The van der Waals surface area contributed by atoms with Crippen LogP contribution in [0, 0.1) is 24.2 Å². The fourth-order valence-electron chi connectivity index (χ4n) is 2.41. The number of anilines is 2. The largest absolute Gasteiger partial charge is 0.337 e. The first-order valence-corrected chi connectivity index (χ1v) is 9.81. The van der Waals surface area contributed by atoms with Gasteiger partial charge in [0, 0.05) is 5.69 Å². The third-order valence-corrected chi connectivity index (χ3v) is 6.03. The van der Waals surface area contributed by atoms with E-state index in [1.165, 1.54) is 28.7 Å². The maximum atomic E-state index is 12.1. The highest BCUT2D eigenvalue weighted by Gasteiger charge is 2.42. The van der Waals surface area contributed by atoms with Crippen LogP contribution in [0.3, 0.4) is 0 Å². The predicted molar refractivity (Wildman–Crippen MR) is 100.0 cm³/mol. The van der Waals surface area contributed by atoms with Crippen molar-refractivity contribution in [2.24, 2.45) is 5.92 Å². The molecular weight excluding hydrogens is 354 g/mol. The lowest BCUT2D eigenvalue weighted by molar-refractivity contribution is -0.119. The van der Waals surface area contributed by atoms with Crippen molar-refractivity contribution in [1.29, 1.82) is 5.26 Å². The average molecular weight is 374 g/mol. The molecule has 25 heavy (non-hydrogen) atoms. The average Bonchev–Trinajstić information content (AvgIpc) is 3.37. The molecule has 0 unspecified atom stereocenters. The minimum Gasteiger partial charge on any atom is -0.337 e. The molecule has 0 aliphatic heterocycles. The Hall–Kier alpha value is -2.11. The Morgan fingerprint density at radius 3 is 2.76 bits per heavy atom. The summed E-state index contributed by atoms with van der Waals surface area (Å²) >= 11 is 2.73. The number of hydrogen-bond donors (Lipinski definition) is 2. The van der Waals surface area contributed by atoms with Gasteiger partial charge in [-0.3, -0.25) is 4.79 Å². The minimum absolute atomic E-state index is 0.149. The number of hydrogen-bond acceptors (Lipinski definition) is 7. The van der Waals surface area contributed by atoms with Crippen molar-refractivity contribution >= 4 is 39.8 Å². The molecule has 2 N–H and O–H groups in total. The number of aromatic nitrogens is 2. The zero-order valence-corrected chi connectivity index (χ0v) is 15.7. The number of carbonyl (C=O) groups is 1. The fourth-order valence-corrected chi connectivity index (χ4v) is 3.99. The summed E-state index contributed by atoms with van der Waals surface area (Å²) in [5, 5.41) is 24.2. The Labute approximate surface area is 155 Å². The number of amides is 1. The lowest BCUT2D eigenvalue weighted by atomic mass is 9.98. The van der Waals surface area contributed by atoms with Crippen molar-refractivity contribution in [2.75, 3.05) is 11.1 Å². The van der Waals surface area contributed by atoms with E-state index in [0.29, 0.717) is 5.13 Å². The normalized spacial score (nSPS) is 15.9. The second kappa shape index (κ2) is 7.42. The van der Waals surface area contributed by atoms with Crippen LogP contribution in [0.5, 0.6) is 0 Å². The summed E-state index contributed by atoms with van der Waals surface area (Å²) in [4.78, 5) is 12.1. The summed E-state index contributed by atoms with van der Waals surface area (Å²) < 4.78 is 0.717. The number of thioether (sulfide) groups is 1. The Morgan fingerprint density at radius 1 is 1.40 bits per heavy atom. The number of nitrogens with zero attached hydrogens (tertiary/aromatic N) is 3. The lowest BCUT2D eigenvalue weighted by Crippen LogP contribution is -2.47. The van der Waals surface area contributed by atoms with Gasteiger partial charge in [-0.25, -0.2) is 0 Å². The van der Waals surface area contributed by atoms with Crippen molar-refractivity contribution in [3.8, 4) is 6.07 Å². The molecular formula is C17H19N5OS2. The summed E-state index contributed by atoms with van der Waals surface area (Å²) in [5.41, 5.74) is 1.39. The van der Waals surface area contributed by atoms with Gasteiger partial charge in [0.2, 0.25) is 11.0 Å². The van der Waals surface area contributed by atoms with Crippen molar-refractivity contribution in [3.05, 3.63) is 29.8 Å². The minimum atomic E-state index is -0.753. The molecule has 6 nitrogen and oxygen atoms in total. The van der Waals surface area contributed by atoms with Gasteiger partial charge in [0.05, 0.1) is 11.8 Å². The molecule has 0 saturated heterocycles. The van der Waals surface area contributed by atoms with Gasteiger partial charge in [-0.05, 0) is 44.7 Å². The van der Waals surface area contributed by atoms with Crippen molar-refractivity contribution in [3.63, 3.8) is 0 Å². The highest BCUT2D eigenvalue weighted by atomic mass is 32.2. The molecule has 3 rings (SSSR count).